The van der Waals surface area contributed by atoms with E-state index in [4.69, 9.17) is 9.47 Å². The Morgan fingerprint density at radius 2 is 1.68 bits per heavy atom. The number of rotatable bonds is 6. The highest BCUT2D eigenvalue weighted by atomic mass is 16.5. The first kappa shape index (κ1) is 19.4. The Hall–Kier alpha value is -3.35. The molecular formula is C21H25N5O2. The fourth-order valence-corrected chi connectivity index (χ4v) is 2.82. The van der Waals surface area contributed by atoms with E-state index >= 15 is 0 Å². The zero-order valence-corrected chi connectivity index (χ0v) is 16.8. The minimum absolute atomic E-state index is 0.00158. The maximum Gasteiger partial charge on any atom is 0.249 e. The fraction of sp³-hybridized carbons (Fsp3) is 0.286. The van der Waals surface area contributed by atoms with Crippen LogP contribution in [0.5, 0.6) is 11.5 Å². The van der Waals surface area contributed by atoms with Gasteiger partial charge in [-0.1, -0.05) is 39.0 Å². The normalized spacial score (nSPS) is 11.0. The third-order valence-corrected chi connectivity index (χ3v) is 4.21. The van der Waals surface area contributed by atoms with Crippen LogP contribution in [0.4, 0.5) is 23.1 Å². The van der Waals surface area contributed by atoms with E-state index in [0.717, 1.165) is 11.4 Å². The molecule has 7 nitrogen and oxygen atoms in total. The summed E-state index contributed by atoms with van der Waals surface area (Å²) in [4.78, 5) is 4.52. The third-order valence-electron chi connectivity index (χ3n) is 4.21. The first-order valence-corrected chi connectivity index (χ1v) is 8.96. The SMILES string of the molecule is COc1ccc(Nc2nncc(Nc3ccccc3C(C)(C)C)n2)c(OC)c1. The molecule has 2 N–H and O–H groups in total. The van der Waals surface area contributed by atoms with Crippen molar-refractivity contribution in [2.75, 3.05) is 24.9 Å². The number of para-hydroxylation sites is 1. The van der Waals surface area contributed by atoms with Gasteiger partial charge in [-0.3, -0.25) is 0 Å². The van der Waals surface area contributed by atoms with Crippen molar-refractivity contribution in [3.8, 4) is 11.5 Å². The number of anilines is 4. The second-order valence-electron chi connectivity index (χ2n) is 7.28. The van der Waals surface area contributed by atoms with Crippen molar-refractivity contribution in [3.05, 3.63) is 54.2 Å². The predicted octanol–water partition coefficient (Wildman–Crippen LogP) is 4.67. The second kappa shape index (κ2) is 8.12. The molecule has 0 spiro atoms. The molecule has 1 aromatic heterocycles. The summed E-state index contributed by atoms with van der Waals surface area (Å²) in [6.45, 7) is 6.53. The largest absolute Gasteiger partial charge is 0.497 e. The zero-order chi connectivity index (χ0) is 20.1. The lowest BCUT2D eigenvalue weighted by molar-refractivity contribution is 0.395. The van der Waals surface area contributed by atoms with Crippen LogP contribution in [0.2, 0.25) is 0 Å². The van der Waals surface area contributed by atoms with Crippen molar-refractivity contribution in [2.45, 2.75) is 26.2 Å². The van der Waals surface area contributed by atoms with Crippen molar-refractivity contribution < 1.29 is 9.47 Å². The van der Waals surface area contributed by atoms with Gasteiger partial charge in [0, 0.05) is 11.8 Å². The summed E-state index contributed by atoms with van der Waals surface area (Å²) in [5, 5.41) is 14.6. The number of hydrogen-bond acceptors (Lipinski definition) is 7. The standard InChI is InChI=1S/C21H25N5O2/c1-21(2,3)15-8-6-7-9-16(15)23-19-13-22-26-20(25-19)24-17-11-10-14(27-4)12-18(17)28-5/h6-13H,1-5H3,(H2,23,24,25,26). The molecule has 0 radical (unpaired) electrons. The number of benzene rings is 2. The highest BCUT2D eigenvalue weighted by Crippen LogP contribution is 2.32. The van der Waals surface area contributed by atoms with E-state index in [-0.39, 0.29) is 5.41 Å². The quantitative estimate of drug-likeness (QED) is 0.644. The molecule has 146 valence electrons. The summed E-state index contributed by atoms with van der Waals surface area (Å²) < 4.78 is 10.6. The lowest BCUT2D eigenvalue weighted by Crippen LogP contribution is -2.14. The maximum absolute atomic E-state index is 5.41. The molecule has 0 aliphatic rings. The smallest absolute Gasteiger partial charge is 0.249 e. The van der Waals surface area contributed by atoms with Crippen LogP contribution >= 0.6 is 0 Å². The number of methoxy groups -OCH3 is 2. The molecule has 0 saturated heterocycles. The number of hydrogen-bond donors (Lipinski definition) is 2. The van der Waals surface area contributed by atoms with E-state index < -0.39 is 0 Å². The van der Waals surface area contributed by atoms with E-state index in [9.17, 15) is 0 Å². The summed E-state index contributed by atoms with van der Waals surface area (Å²) in [6.07, 6.45) is 1.59. The molecule has 28 heavy (non-hydrogen) atoms. The lowest BCUT2D eigenvalue weighted by atomic mass is 9.86. The Balaban J connectivity index is 1.85. The van der Waals surface area contributed by atoms with E-state index in [1.54, 1.807) is 26.5 Å². The minimum Gasteiger partial charge on any atom is -0.497 e. The van der Waals surface area contributed by atoms with Gasteiger partial charge in [-0.05, 0) is 29.2 Å². The monoisotopic (exact) mass is 379 g/mol. The molecule has 3 aromatic rings. The molecular weight excluding hydrogens is 354 g/mol. The van der Waals surface area contributed by atoms with Crippen molar-refractivity contribution in [3.63, 3.8) is 0 Å². The summed E-state index contributed by atoms with van der Waals surface area (Å²) in [6, 6.07) is 13.6. The van der Waals surface area contributed by atoms with Crippen LogP contribution in [-0.2, 0) is 5.41 Å². The first-order chi connectivity index (χ1) is 13.4. The molecule has 0 aliphatic heterocycles. The minimum atomic E-state index is 0.00158. The Morgan fingerprint density at radius 3 is 2.39 bits per heavy atom. The topological polar surface area (TPSA) is 81.2 Å². The Morgan fingerprint density at radius 1 is 0.893 bits per heavy atom. The molecule has 1 heterocycles. The van der Waals surface area contributed by atoms with Gasteiger partial charge in [-0.2, -0.15) is 10.1 Å². The predicted molar refractivity (Wildman–Crippen MR) is 111 cm³/mol. The molecule has 0 amide bonds. The summed E-state index contributed by atoms with van der Waals surface area (Å²) in [5.74, 6) is 2.29. The molecule has 0 fully saturated rings. The van der Waals surface area contributed by atoms with E-state index in [1.165, 1.54) is 5.56 Å². The van der Waals surface area contributed by atoms with Gasteiger partial charge < -0.3 is 20.1 Å². The third kappa shape index (κ3) is 4.49. The summed E-state index contributed by atoms with van der Waals surface area (Å²) in [5.41, 5.74) is 2.91. The van der Waals surface area contributed by atoms with Gasteiger partial charge in [0.25, 0.3) is 0 Å². The van der Waals surface area contributed by atoms with Crippen LogP contribution in [0.25, 0.3) is 0 Å². The molecule has 0 atom stereocenters. The number of nitrogens with zero attached hydrogens (tertiary/aromatic N) is 3. The van der Waals surface area contributed by atoms with Gasteiger partial charge >= 0.3 is 0 Å². The van der Waals surface area contributed by atoms with Crippen LogP contribution < -0.4 is 20.1 Å². The molecule has 0 saturated carbocycles. The van der Waals surface area contributed by atoms with Crippen molar-refractivity contribution in [1.82, 2.24) is 15.2 Å². The first-order valence-electron chi connectivity index (χ1n) is 8.96. The molecule has 0 bridgehead atoms. The molecule has 3 rings (SSSR count). The van der Waals surface area contributed by atoms with Gasteiger partial charge in [0.15, 0.2) is 5.82 Å². The fourth-order valence-electron chi connectivity index (χ4n) is 2.82. The highest BCUT2D eigenvalue weighted by Gasteiger charge is 2.18. The second-order valence-corrected chi connectivity index (χ2v) is 7.28. The van der Waals surface area contributed by atoms with Crippen molar-refractivity contribution >= 4 is 23.1 Å². The Labute approximate surface area is 165 Å². The average Bonchev–Trinajstić information content (AvgIpc) is 2.68. The molecule has 7 heteroatoms. The summed E-state index contributed by atoms with van der Waals surface area (Å²) in [7, 11) is 3.21. The van der Waals surface area contributed by atoms with Gasteiger partial charge in [0.2, 0.25) is 5.95 Å². The maximum atomic E-state index is 5.41. The Bertz CT molecular complexity index is 954. The summed E-state index contributed by atoms with van der Waals surface area (Å²) >= 11 is 0. The van der Waals surface area contributed by atoms with Crippen LogP contribution in [0.1, 0.15) is 26.3 Å². The van der Waals surface area contributed by atoms with Crippen LogP contribution in [0.3, 0.4) is 0 Å². The van der Waals surface area contributed by atoms with Crippen molar-refractivity contribution in [2.24, 2.45) is 0 Å². The van der Waals surface area contributed by atoms with E-state index in [1.807, 2.05) is 30.3 Å². The zero-order valence-electron chi connectivity index (χ0n) is 16.8. The van der Waals surface area contributed by atoms with Crippen LogP contribution in [0.15, 0.2) is 48.7 Å². The number of aromatic nitrogens is 3. The highest BCUT2D eigenvalue weighted by molar-refractivity contribution is 5.66. The average molecular weight is 379 g/mol. The Kier molecular flexibility index (Phi) is 5.63. The number of ether oxygens (including phenoxy) is 2. The van der Waals surface area contributed by atoms with Crippen molar-refractivity contribution in [1.29, 1.82) is 0 Å². The van der Waals surface area contributed by atoms with Gasteiger partial charge in [0.05, 0.1) is 26.1 Å². The van der Waals surface area contributed by atoms with E-state index in [2.05, 4.69) is 52.7 Å². The molecule has 0 aliphatic carbocycles. The van der Waals surface area contributed by atoms with Crippen LogP contribution in [-0.4, -0.2) is 29.4 Å². The van der Waals surface area contributed by atoms with Gasteiger partial charge in [-0.25, -0.2) is 0 Å². The van der Waals surface area contributed by atoms with Crippen LogP contribution in [0, 0.1) is 0 Å². The molecule has 0 unspecified atom stereocenters. The number of nitrogens with one attached hydrogen (secondary N) is 2. The van der Waals surface area contributed by atoms with E-state index in [0.29, 0.717) is 23.3 Å². The lowest BCUT2D eigenvalue weighted by Gasteiger charge is -2.23. The van der Waals surface area contributed by atoms with Gasteiger partial charge in [-0.15, -0.1) is 5.10 Å². The van der Waals surface area contributed by atoms with Gasteiger partial charge in [0.1, 0.15) is 11.5 Å². The molecule has 2 aromatic carbocycles.